The van der Waals surface area contributed by atoms with Gasteiger partial charge in [-0.15, -0.1) is 24.0 Å². The third-order valence-electron chi connectivity index (χ3n) is 2.39. The molecule has 0 bridgehead atoms. The zero-order valence-corrected chi connectivity index (χ0v) is 16.9. The molecular formula is C17H43IO4. The summed E-state index contributed by atoms with van der Waals surface area (Å²) in [6.45, 7) is 6.46. The third-order valence-corrected chi connectivity index (χ3v) is 2.39. The average molecular weight is 438 g/mol. The van der Waals surface area contributed by atoms with Crippen LogP contribution in [0.5, 0.6) is 0 Å². The first-order valence-corrected chi connectivity index (χ1v) is 7.94. The monoisotopic (exact) mass is 438 g/mol. The number of rotatable bonds is 11. The van der Waals surface area contributed by atoms with Crippen LogP contribution in [0, 0.1) is 0 Å². The van der Waals surface area contributed by atoms with Crippen molar-refractivity contribution in [1.29, 1.82) is 0 Å². The van der Waals surface area contributed by atoms with Gasteiger partial charge in [-0.25, -0.2) is 0 Å². The maximum absolute atomic E-state index is 8.49. The van der Waals surface area contributed by atoms with Crippen LogP contribution in [0.4, 0.5) is 0 Å². The van der Waals surface area contributed by atoms with Crippen LogP contribution >= 0.6 is 24.0 Å². The number of aliphatic hydroxyl groups is 2. The van der Waals surface area contributed by atoms with E-state index in [1.54, 1.807) is 14.2 Å². The van der Waals surface area contributed by atoms with Gasteiger partial charge in [-0.3, -0.25) is 0 Å². The second-order valence-electron chi connectivity index (χ2n) is 4.55. The van der Waals surface area contributed by atoms with Gasteiger partial charge in [0.15, 0.2) is 0 Å². The van der Waals surface area contributed by atoms with E-state index in [4.69, 9.17) is 19.7 Å². The van der Waals surface area contributed by atoms with E-state index in [0.29, 0.717) is 13.2 Å². The fourth-order valence-electron chi connectivity index (χ4n) is 1.27. The van der Waals surface area contributed by atoms with Gasteiger partial charge in [-0.05, 0) is 25.7 Å². The minimum atomic E-state index is 0. The predicted octanol–water partition coefficient (Wildman–Crippen LogP) is 4.65. The van der Waals surface area contributed by atoms with E-state index in [0.717, 1.165) is 32.5 Å². The van der Waals surface area contributed by atoms with Crippen molar-refractivity contribution in [2.45, 2.75) is 72.6 Å². The van der Waals surface area contributed by atoms with Crippen LogP contribution in [0.25, 0.3) is 0 Å². The first kappa shape index (κ1) is 34.0. The summed E-state index contributed by atoms with van der Waals surface area (Å²) in [6, 6.07) is 0. The lowest BCUT2D eigenvalue weighted by atomic mass is 10.1. The Morgan fingerprint density at radius 2 is 1.05 bits per heavy atom. The molecule has 0 atom stereocenters. The van der Waals surface area contributed by atoms with E-state index in [9.17, 15) is 0 Å². The topological polar surface area (TPSA) is 58.9 Å². The van der Waals surface area contributed by atoms with Gasteiger partial charge < -0.3 is 19.7 Å². The first-order chi connectivity index (χ1) is 9.74. The summed E-state index contributed by atoms with van der Waals surface area (Å²) < 4.78 is 9.62. The molecule has 0 heterocycles. The van der Waals surface area contributed by atoms with Crippen molar-refractivity contribution < 1.29 is 19.7 Å². The Hall–Kier alpha value is 0.570. The van der Waals surface area contributed by atoms with Gasteiger partial charge >= 0.3 is 0 Å². The van der Waals surface area contributed by atoms with Crippen molar-refractivity contribution in [1.82, 2.24) is 0 Å². The lowest BCUT2D eigenvalue weighted by Gasteiger charge is -1.99. The van der Waals surface area contributed by atoms with Crippen LogP contribution in [-0.2, 0) is 9.47 Å². The molecule has 5 heteroatoms. The van der Waals surface area contributed by atoms with Crippen molar-refractivity contribution in [3.05, 3.63) is 0 Å². The number of unbranched alkanes of at least 4 members (excludes halogenated alkanes) is 5. The van der Waals surface area contributed by atoms with Crippen LogP contribution in [0.1, 0.15) is 72.6 Å². The summed E-state index contributed by atoms with van der Waals surface area (Å²) in [5, 5.41) is 16.4. The zero-order chi connectivity index (χ0) is 15.9. The molecule has 4 nitrogen and oxygen atoms in total. The van der Waals surface area contributed by atoms with Gasteiger partial charge in [-0.1, -0.05) is 47.0 Å². The van der Waals surface area contributed by atoms with Crippen LogP contribution < -0.4 is 0 Å². The minimum absolute atomic E-state index is 0. The molecule has 0 saturated carbocycles. The fraction of sp³-hybridized carbons (Fsp3) is 1.00. The number of ether oxygens (including phenoxy) is 2. The molecule has 0 amide bonds. The van der Waals surface area contributed by atoms with Crippen molar-refractivity contribution in [3.8, 4) is 0 Å². The Morgan fingerprint density at radius 3 is 1.32 bits per heavy atom. The highest BCUT2D eigenvalue weighted by Crippen LogP contribution is 2.04. The summed E-state index contributed by atoms with van der Waals surface area (Å²) in [5.74, 6) is 0. The summed E-state index contributed by atoms with van der Waals surface area (Å²) in [4.78, 5) is 0. The molecular weight excluding hydrogens is 395 g/mol. The Balaban J connectivity index is -0.0000000743. The molecule has 2 N–H and O–H groups in total. The maximum Gasteiger partial charge on any atom is 0.0462 e. The largest absolute Gasteiger partial charge is 0.396 e. The van der Waals surface area contributed by atoms with Gasteiger partial charge in [0.2, 0.25) is 0 Å². The first-order valence-electron chi connectivity index (χ1n) is 7.94. The maximum atomic E-state index is 8.49. The highest BCUT2D eigenvalue weighted by atomic mass is 127. The minimum Gasteiger partial charge on any atom is -0.396 e. The van der Waals surface area contributed by atoms with E-state index in [1.807, 2.05) is 6.92 Å². The number of methoxy groups -OCH3 is 2. The van der Waals surface area contributed by atoms with Crippen molar-refractivity contribution in [2.24, 2.45) is 0 Å². The van der Waals surface area contributed by atoms with Gasteiger partial charge in [0, 0.05) is 40.6 Å². The average Bonchev–Trinajstić information content (AvgIpc) is 2.48. The molecule has 0 rings (SSSR count). The van der Waals surface area contributed by atoms with Crippen molar-refractivity contribution in [3.63, 3.8) is 0 Å². The predicted molar refractivity (Wildman–Crippen MR) is 108 cm³/mol. The van der Waals surface area contributed by atoms with E-state index in [1.165, 1.54) is 32.1 Å². The molecule has 0 fully saturated rings. The summed E-state index contributed by atoms with van der Waals surface area (Å²) in [7, 11) is 3.45. The summed E-state index contributed by atoms with van der Waals surface area (Å²) in [5.41, 5.74) is 0. The Bertz CT molecular complexity index is 115. The number of hydrogen-bond acceptors (Lipinski definition) is 4. The lowest BCUT2D eigenvalue weighted by Crippen LogP contribution is -1.88. The summed E-state index contributed by atoms with van der Waals surface area (Å²) >= 11 is 0. The number of hydrogen-bond donors (Lipinski definition) is 2. The van der Waals surface area contributed by atoms with Gasteiger partial charge in [0.25, 0.3) is 0 Å². The molecule has 0 unspecified atom stereocenters. The Morgan fingerprint density at radius 1 is 0.636 bits per heavy atom. The van der Waals surface area contributed by atoms with Crippen LogP contribution in [0.2, 0.25) is 0 Å². The second kappa shape index (κ2) is 43.0. The van der Waals surface area contributed by atoms with Gasteiger partial charge in [-0.2, -0.15) is 0 Å². The van der Waals surface area contributed by atoms with E-state index >= 15 is 0 Å². The molecule has 22 heavy (non-hydrogen) atoms. The Kier molecular flexibility index (Phi) is 66.5. The van der Waals surface area contributed by atoms with E-state index in [2.05, 4.69) is 6.92 Å². The number of halogens is 1. The molecule has 0 aromatic rings. The molecule has 142 valence electrons. The quantitative estimate of drug-likeness (QED) is 0.364. The number of aliphatic hydroxyl groups excluding tert-OH is 2. The third kappa shape index (κ3) is 58.9. The molecule has 0 aliphatic carbocycles. The van der Waals surface area contributed by atoms with Crippen LogP contribution in [-0.4, -0.2) is 50.9 Å². The smallest absolute Gasteiger partial charge is 0.0462 e. The highest BCUT2D eigenvalue weighted by Gasteiger charge is 1.89. The molecule has 0 aromatic heterocycles. The van der Waals surface area contributed by atoms with E-state index < -0.39 is 0 Å². The molecule has 0 spiro atoms. The van der Waals surface area contributed by atoms with Gasteiger partial charge in [0.1, 0.15) is 0 Å². The SMILES string of the molecule is C.CCCO.CCCOC.COCCCCCCCCO.I. The molecule has 0 aliphatic heterocycles. The van der Waals surface area contributed by atoms with Gasteiger partial charge in [0.05, 0.1) is 0 Å². The molecule has 0 radical (unpaired) electrons. The lowest BCUT2D eigenvalue weighted by molar-refractivity contribution is 0.191. The normalized spacial score (nSPS) is 8.45. The van der Waals surface area contributed by atoms with Crippen LogP contribution in [0.3, 0.4) is 0 Å². The molecule has 0 saturated heterocycles. The standard InChI is InChI=1S/C9H20O2.C4H10O.C3H8O.CH4.HI/c1-11-9-7-5-3-2-4-6-8-10;1-3-4-5-2;1-2-3-4;;/h10H,2-9H2,1H3;3-4H2,1-2H3;4H,2-3H2,1H3;1H4;1H. The Labute approximate surface area is 157 Å². The summed E-state index contributed by atoms with van der Waals surface area (Å²) in [6.07, 6.45) is 9.10. The van der Waals surface area contributed by atoms with Crippen molar-refractivity contribution >= 4 is 24.0 Å². The zero-order valence-electron chi connectivity index (χ0n) is 14.6. The highest BCUT2D eigenvalue weighted by molar-refractivity contribution is 14.0. The van der Waals surface area contributed by atoms with Crippen molar-refractivity contribution in [2.75, 3.05) is 40.6 Å². The second-order valence-corrected chi connectivity index (χ2v) is 4.55. The fourth-order valence-corrected chi connectivity index (χ4v) is 1.27. The molecule has 0 aliphatic rings. The van der Waals surface area contributed by atoms with Crippen LogP contribution in [0.15, 0.2) is 0 Å². The molecule has 0 aromatic carbocycles. The van der Waals surface area contributed by atoms with E-state index in [-0.39, 0.29) is 31.4 Å².